The van der Waals surface area contributed by atoms with Gasteiger partial charge in [0.15, 0.2) is 0 Å². The van der Waals surface area contributed by atoms with E-state index in [1.165, 1.54) is 0 Å². The molecule has 5 heteroatoms. The van der Waals surface area contributed by atoms with Crippen LogP contribution < -0.4 is 15.4 Å². The Hall–Kier alpha value is -1.75. The van der Waals surface area contributed by atoms with Gasteiger partial charge >= 0.3 is 6.03 Å². The third-order valence-electron chi connectivity index (χ3n) is 3.27. The Morgan fingerprint density at radius 2 is 2.11 bits per heavy atom. The van der Waals surface area contributed by atoms with Gasteiger partial charge in [-0.2, -0.15) is 0 Å². The average molecular weight is 248 g/mol. The number of hydrogen-bond acceptors (Lipinski definition) is 3. The molecule has 0 spiro atoms. The molecular weight excluding hydrogens is 232 g/mol. The summed E-state index contributed by atoms with van der Waals surface area (Å²) in [6.45, 7) is 1.82. The molecular formula is C13H16N2O3. The quantitative estimate of drug-likeness (QED) is 0.827. The number of amides is 2. The van der Waals surface area contributed by atoms with Crippen molar-refractivity contribution in [2.75, 3.05) is 19.8 Å². The van der Waals surface area contributed by atoms with E-state index in [2.05, 4.69) is 10.6 Å². The van der Waals surface area contributed by atoms with Gasteiger partial charge in [-0.05, 0) is 12.5 Å². The summed E-state index contributed by atoms with van der Waals surface area (Å²) in [4.78, 5) is 11.8. The van der Waals surface area contributed by atoms with E-state index in [1.54, 1.807) is 0 Å². The first-order valence-corrected chi connectivity index (χ1v) is 6.19. The van der Waals surface area contributed by atoms with Crippen molar-refractivity contribution < 1.29 is 14.3 Å². The van der Waals surface area contributed by atoms with E-state index in [0.29, 0.717) is 13.2 Å². The molecule has 2 unspecified atom stereocenters. The SMILES string of the molecule is O=C(NC1CCOC1)NC1COc2ccccc21. The largest absolute Gasteiger partial charge is 0.491 e. The minimum atomic E-state index is -0.157. The Kier molecular flexibility index (Phi) is 3.06. The highest BCUT2D eigenvalue weighted by molar-refractivity contribution is 5.75. The molecule has 1 aromatic carbocycles. The summed E-state index contributed by atoms with van der Waals surface area (Å²) in [7, 11) is 0. The van der Waals surface area contributed by atoms with Gasteiger partial charge in [0, 0.05) is 12.2 Å². The number of carbonyl (C=O) groups is 1. The summed E-state index contributed by atoms with van der Waals surface area (Å²) in [5.41, 5.74) is 1.04. The van der Waals surface area contributed by atoms with E-state index in [0.717, 1.165) is 24.3 Å². The Balaban J connectivity index is 1.58. The van der Waals surface area contributed by atoms with Gasteiger partial charge in [-0.3, -0.25) is 0 Å². The topological polar surface area (TPSA) is 59.6 Å². The maximum absolute atomic E-state index is 11.8. The molecule has 0 aromatic heterocycles. The first-order valence-electron chi connectivity index (χ1n) is 6.19. The van der Waals surface area contributed by atoms with Crippen LogP contribution in [-0.4, -0.2) is 31.9 Å². The lowest BCUT2D eigenvalue weighted by molar-refractivity contribution is 0.187. The molecule has 2 amide bonds. The van der Waals surface area contributed by atoms with Crippen molar-refractivity contribution in [1.29, 1.82) is 0 Å². The van der Waals surface area contributed by atoms with E-state index < -0.39 is 0 Å². The second-order valence-corrected chi connectivity index (χ2v) is 4.58. The normalized spacial score (nSPS) is 25.3. The molecule has 18 heavy (non-hydrogen) atoms. The molecule has 96 valence electrons. The fraction of sp³-hybridized carbons (Fsp3) is 0.462. The van der Waals surface area contributed by atoms with Crippen LogP contribution in [0.1, 0.15) is 18.0 Å². The van der Waals surface area contributed by atoms with Crippen molar-refractivity contribution >= 4 is 6.03 Å². The van der Waals surface area contributed by atoms with Gasteiger partial charge in [-0.1, -0.05) is 18.2 Å². The van der Waals surface area contributed by atoms with Gasteiger partial charge in [-0.25, -0.2) is 4.79 Å². The molecule has 2 aliphatic heterocycles. The Labute approximate surface area is 105 Å². The van der Waals surface area contributed by atoms with Crippen LogP contribution in [0.3, 0.4) is 0 Å². The van der Waals surface area contributed by atoms with E-state index >= 15 is 0 Å². The highest BCUT2D eigenvalue weighted by atomic mass is 16.5. The molecule has 3 rings (SSSR count). The lowest BCUT2D eigenvalue weighted by Crippen LogP contribution is -2.44. The van der Waals surface area contributed by atoms with Crippen LogP contribution in [0.2, 0.25) is 0 Å². The number of rotatable bonds is 2. The molecule has 5 nitrogen and oxygen atoms in total. The van der Waals surface area contributed by atoms with E-state index in [4.69, 9.17) is 9.47 Å². The lowest BCUT2D eigenvalue weighted by Gasteiger charge is -2.15. The van der Waals surface area contributed by atoms with Gasteiger partial charge in [0.1, 0.15) is 12.4 Å². The van der Waals surface area contributed by atoms with E-state index in [1.807, 2.05) is 24.3 Å². The molecule has 2 heterocycles. The van der Waals surface area contributed by atoms with E-state index in [9.17, 15) is 4.79 Å². The number of fused-ring (bicyclic) bond motifs is 1. The molecule has 1 aromatic rings. The fourth-order valence-electron chi connectivity index (χ4n) is 2.32. The number of para-hydroxylation sites is 1. The first-order chi connectivity index (χ1) is 8.83. The van der Waals surface area contributed by atoms with Gasteiger partial charge in [-0.15, -0.1) is 0 Å². The van der Waals surface area contributed by atoms with Crippen LogP contribution in [0.5, 0.6) is 5.75 Å². The van der Waals surface area contributed by atoms with Gasteiger partial charge in [0.05, 0.1) is 18.7 Å². The van der Waals surface area contributed by atoms with Crippen molar-refractivity contribution in [3.8, 4) is 5.75 Å². The molecule has 0 bridgehead atoms. The summed E-state index contributed by atoms with van der Waals surface area (Å²) in [5.74, 6) is 0.854. The summed E-state index contributed by atoms with van der Waals surface area (Å²) < 4.78 is 10.7. The Bertz CT molecular complexity index is 444. The zero-order chi connectivity index (χ0) is 12.4. The predicted molar refractivity (Wildman–Crippen MR) is 65.6 cm³/mol. The molecule has 0 radical (unpaired) electrons. The molecule has 1 fully saturated rings. The lowest BCUT2D eigenvalue weighted by atomic mass is 10.1. The predicted octanol–water partition coefficient (Wildman–Crippen LogP) is 1.21. The third-order valence-corrected chi connectivity index (χ3v) is 3.27. The molecule has 2 aliphatic rings. The molecule has 0 saturated carbocycles. The van der Waals surface area contributed by atoms with E-state index in [-0.39, 0.29) is 18.1 Å². The van der Waals surface area contributed by atoms with Crippen molar-refractivity contribution in [2.45, 2.75) is 18.5 Å². The summed E-state index contributed by atoms with van der Waals surface area (Å²) >= 11 is 0. The van der Waals surface area contributed by atoms with Crippen LogP contribution in [0.15, 0.2) is 24.3 Å². The highest BCUT2D eigenvalue weighted by Crippen LogP contribution is 2.31. The number of urea groups is 1. The van der Waals surface area contributed by atoms with Crippen LogP contribution in [0, 0.1) is 0 Å². The van der Waals surface area contributed by atoms with Crippen molar-refractivity contribution in [1.82, 2.24) is 10.6 Å². The maximum atomic E-state index is 11.8. The second-order valence-electron chi connectivity index (χ2n) is 4.58. The van der Waals surface area contributed by atoms with Gasteiger partial charge < -0.3 is 20.1 Å². The maximum Gasteiger partial charge on any atom is 0.315 e. The van der Waals surface area contributed by atoms with Crippen LogP contribution in [0.4, 0.5) is 4.79 Å². The molecule has 2 N–H and O–H groups in total. The minimum absolute atomic E-state index is 0.0662. The third kappa shape index (κ3) is 2.26. The number of hydrogen-bond donors (Lipinski definition) is 2. The summed E-state index contributed by atoms with van der Waals surface area (Å²) in [6.07, 6.45) is 0.880. The smallest absolute Gasteiger partial charge is 0.315 e. The zero-order valence-corrected chi connectivity index (χ0v) is 10.0. The van der Waals surface area contributed by atoms with Crippen molar-refractivity contribution in [3.63, 3.8) is 0 Å². The Morgan fingerprint density at radius 3 is 2.94 bits per heavy atom. The van der Waals surface area contributed by atoms with Gasteiger partial charge in [0.25, 0.3) is 0 Å². The summed E-state index contributed by atoms with van der Waals surface area (Å²) in [6, 6.07) is 7.68. The van der Waals surface area contributed by atoms with Crippen molar-refractivity contribution in [2.24, 2.45) is 0 Å². The van der Waals surface area contributed by atoms with Crippen LogP contribution in [0.25, 0.3) is 0 Å². The monoisotopic (exact) mass is 248 g/mol. The number of nitrogens with one attached hydrogen (secondary N) is 2. The first kappa shape index (κ1) is 11.3. The summed E-state index contributed by atoms with van der Waals surface area (Å²) in [5, 5.41) is 5.84. The van der Waals surface area contributed by atoms with Crippen LogP contribution in [-0.2, 0) is 4.74 Å². The number of carbonyl (C=O) groups excluding carboxylic acids is 1. The zero-order valence-electron chi connectivity index (χ0n) is 10.0. The Morgan fingerprint density at radius 1 is 1.22 bits per heavy atom. The average Bonchev–Trinajstić information content (AvgIpc) is 3.00. The number of benzene rings is 1. The second kappa shape index (κ2) is 4.86. The van der Waals surface area contributed by atoms with Gasteiger partial charge in [0.2, 0.25) is 0 Å². The number of ether oxygens (including phenoxy) is 2. The minimum Gasteiger partial charge on any atom is -0.491 e. The fourth-order valence-corrected chi connectivity index (χ4v) is 2.32. The molecule has 2 atom stereocenters. The molecule has 0 aliphatic carbocycles. The van der Waals surface area contributed by atoms with Crippen LogP contribution >= 0.6 is 0 Å². The standard InChI is InChI=1S/C13H16N2O3/c16-13(14-9-5-6-17-7-9)15-11-8-18-12-4-2-1-3-10(11)12/h1-4,9,11H,5-8H2,(H2,14,15,16). The highest BCUT2D eigenvalue weighted by Gasteiger charge is 2.26. The van der Waals surface area contributed by atoms with Crippen molar-refractivity contribution in [3.05, 3.63) is 29.8 Å². The molecule has 1 saturated heterocycles.